The van der Waals surface area contributed by atoms with Gasteiger partial charge in [0.25, 0.3) is 0 Å². The summed E-state index contributed by atoms with van der Waals surface area (Å²) in [6.45, 7) is 3.05. The van der Waals surface area contributed by atoms with Crippen LogP contribution in [0.25, 0.3) is 28.2 Å². The zero-order valence-corrected chi connectivity index (χ0v) is 23.4. The zero-order chi connectivity index (χ0) is 28.7. The molecule has 6 rings (SSSR count). The fraction of sp³-hybridized carbons (Fsp3) is 0.182. The van der Waals surface area contributed by atoms with Gasteiger partial charge in [-0.05, 0) is 58.2 Å². The van der Waals surface area contributed by atoms with Gasteiger partial charge in [-0.25, -0.2) is 4.79 Å². The van der Waals surface area contributed by atoms with Gasteiger partial charge in [0.1, 0.15) is 18.2 Å². The fourth-order valence-electron chi connectivity index (χ4n) is 4.89. The summed E-state index contributed by atoms with van der Waals surface area (Å²) in [6, 6.07) is 33.7. The highest BCUT2D eigenvalue weighted by molar-refractivity contribution is 5.80. The lowest BCUT2D eigenvalue weighted by Gasteiger charge is -2.09. The van der Waals surface area contributed by atoms with Crippen molar-refractivity contribution in [2.45, 2.75) is 39.3 Å². The van der Waals surface area contributed by atoms with Gasteiger partial charge in [0.2, 0.25) is 5.82 Å². The van der Waals surface area contributed by atoms with Crippen molar-refractivity contribution < 1.29 is 4.74 Å². The molecule has 9 heteroatoms. The first-order chi connectivity index (χ1) is 20.7. The van der Waals surface area contributed by atoms with Crippen molar-refractivity contribution in [1.82, 2.24) is 35.0 Å². The summed E-state index contributed by atoms with van der Waals surface area (Å²) >= 11 is 0. The molecule has 0 aliphatic carbocycles. The Morgan fingerprint density at radius 2 is 1.55 bits per heavy atom. The number of aromatic nitrogens is 7. The minimum atomic E-state index is -0.161. The topological polar surface area (TPSA) is 104 Å². The molecule has 2 heterocycles. The SMILES string of the molecule is CCCCc1nn(-c2ccc(OCc3ccccc3)cc2)c(=O)n1Cc1ccc(-c2ccccc2-c2nn[nH]n2)cc1. The van der Waals surface area contributed by atoms with Crippen LogP contribution in [0.5, 0.6) is 5.75 Å². The van der Waals surface area contributed by atoms with Crippen LogP contribution in [0.15, 0.2) is 108 Å². The maximum atomic E-state index is 13.6. The van der Waals surface area contributed by atoms with Gasteiger partial charge in [-0.3, -0.25) is 4.57 Å². The molecule has 0 atom stereocenters. The number of rotatable bonds is 11. The zero-order valence-electron chi connectivity index (χ0n) is 23.4. The third kappa shape index (κ3) is 5.90. The Morgan fingerprint density at radius 3 is 2.26 bits per heavy atom. The smallest absolute Gasteiger partial charge is 0.351 e. The molecule has 0 radical (unpaired) electrons. The van der Waals surface area contributed by atoms with Crippen molar-refractivity contribution in [3.8, 4) is 34.0 Å². The van der Waals surface area contributed by atoms with Crippen LogP contribution in [0.3, 0.4) is 0 Å². The Morgan fingerprint density at radius 1 is 0.810 bits per heavy atom. The first-order valence-electron chi connectivity index (χ1n) is 14.1. The molecule has 0 amide bonds. The number of aryl methyl sites for hydroxylation is 1. The molecule has 0 aliphatic rings. The number of H-pyrrole nitrogens is 1. The van der Waals surface area contributed by atoms with Crippen LogP contribution in [-0.2, 0) is 19.6 Å². The Hall–Kier alpha value is -5.31. The number of unbranched alkanes of at least 4 members (excludes halogenated alkanes) is 1. The molecule has 6 aromatic rings. The molecule has 9 nitrogen and oxygen atoms in total. The van der Waals surface area contributed by atoms with Gasteiger partial charge in [0, 0.05) is 12.0 Å². The van der Waals surface area contributed by atoms with E-state index in [1.807, 2.05) is 78.9 Å². The van der Waals surface area contributed by atoms with Crippen molar-refractivity contribution in [2.75, 3.05) is 0 Å². The standard InChI is InChI=1S/C33H31N7O2/c1-2-3-13-31-36-40(27-18-20-28(21-19-27)42-23-25-9-5-4-6-10-25)33(41)39(31)22-24-14-16-26(17-15-24)29-11-7-8-12-30(29)32-34-37-38-35-32/h4-12,14-21H,2-3,13,22-23H2,1H3,(H,34,35,37,38). The maximum Gasteiger partial charge on any atom is 0.351 e. The van der Waals surface area contributed by atoms with Gasteiger partial charge in [-0.1, -0.05) is 92.2 Å². The number of tetrazole rings is 1. The molecule has 0 saturated carbocycles. The second-order valence-corrected chi connectivity index (χ2v) is 10.0. The Balaban J connectivity index is 1.23. The number of hydrogen-bond donors (Lipinski definition) is 1. The Kier molecular flexibility index (Phi) is 7.98. The number of nitrogens with zero attached hydrogens (tertiary/aromatic N) is 6. The van der Waals surface area contributed by atoms with Gasteiger partial charge < -0.3 is 4.74 Å². The van der Waals surface area contributed by atoms with E-state index in [0.29, 0.717) is 24.7 Å². The molecule has 0 aliphatic heterocycles. The molecule has 0 spiro atoms. The third-order valence-electron chi connectivity index (χ3n) is 7.14. The van der Waals surface area contributed by atoms with Crippen LogP contribution in [0.2, 0.25) is 0 Å². The monoisotopic (exact) mass is 557 g/mol. The summed E-state index contributed by atoms with van der Waals surface area (Å²) in [5, 5.41) is 19.2. The molecule has 0 unspecified atom stereocenters. The molecule has 1 N–H and O–H groups in total. The van der Waals surface area contributed by atoms with Crippen LogP contribution >= 0.6 is 0 Å². The Bertz CT molecular complexity index is 1790. The van der Waals surface area contributed by atoms with E-state index in [2.05, 4.69) is 51.8 Å². The van der Waals surface area contributed by atoms with Crippen molar-refractivity contribution >= 4 is 0 Å². The number of hydrogen-bond acceptors (Lipinski definition) is 6. The van der Waals surface area contributed by atoms with Crippen LogP contribution in [0.1, 0.15) is 36.7 Å². The average molecular weight is 558 g/mol. The largest absolute Gasteiger partial charge is 0.489 e. The van der Waals surface area contributed by atoms with Gasteiger partial charge in [-0.15, -0.1) is 15.3 Å². The van der Waals surface area contributed by atoms with Gasteiger partial charge >= 0.3 is 5.69 Å². The van der Waals surface area contributed by atoms with E-state index in [9.17, 15) is 4.79 Å². The quantitative estimate of drug-likeness (QED) is 0.214. The van der Waals surface area contributed by atoms with E-state index in [4.69, 9.17) is 9.84 Å². The average Bonchev–Trinajstić information content (AvgIpc) is 3.69. The summed E-state index contributed by atoms with van der Waals surface area (Å²) in [5.41, 5.74) is 5.59. The molecular weight excluding hydrogens is 526 g/mol. The highest BCUT2D eigenvalue weighted by Gasteiger charge is 2.16. The van der Waals surface area contributed by atoms with E-state index < -0.39 is 0 Å². The number of aromatic amines is 1. The summed E-state index contributed by atoms with van der Waals surface area (Å²) in [6.07, 6.45) is 2.70. The summed E-state index contributed by atoms with van der Waals surface area (Å²) in [5.74, 6) is 2.06. The lowest BCUT2D eigenvalue weighted by molar-refractivity contribution is 0.306. The van der Waals surface area contributed by atoms with E-state index in [1.54, 1.807) is 4.57 Å². The van der Waals surface area contributed by atoms with Crippen molar-refractivity contribution in [2.24, 2.45) is 0 Å². The van der Waals surface area contributed by atoms with Crippen LogP contribution in [-0.4, -0.2) is 35.0 Å². The molecule has 2 aromatic heterocycles. The van der Waals surface area contributed by atoms with Gasteiger partial charge in [0.15, 0.2) is 0 Å². The molecule has 210 valence electrons. The van der Waals surface area contributed by atoms with Crippen LogP contribution in [0.4, 0.5) is 0 Å². The van der Waals surface area contributed by atoms with Gasteiger partial charge in [0.05, 0.1) is 12.2 Å². The molecule has 0 bridgehead atoms. The van der Waals surface area contributed by atoms with E-state index in [1.165, 1.54) is 4.68 Å². The van der Waals surface area contributed by atoms with Crippen molar-refractivity contribution in [3.63, 3.8) is 0 Å². The second-order valence-electron chi connectivity index (χ2n) is 10.0. The van der Waals surface area contributed by atoms with Gasteiger partial charge in [-0.2, -0.15) is 9.90 Å². The highest BCUT2D eigenvalue weighted by atomic mass is 16.5. The Labute approximate surface area is 243 Å². The number of nitrogens with one attached hydrogen (secondary N) is 1. The third-order valence-corrected chi connectivity index (χ3v) is 7.14. The van der Waals surface area contributed by atoms with Crippen LogP contribution in [0, 0.1) is 0 Å². The lowest BCUT2D eigenvalue weighted by Crippen LogP contribution is -2.25. The predicted molar refractivity (Wildman–Crippen MR) is 161 cm³/mol. The minimum absolute atomic E-state index is 0.161. The van der Waals surface area contributed by atoms with E-state index in [-0.39, 0.29) is 5.69 Å². The van der Waals surface area contributed by atoms with Crippen molar-refractivity contribution in [1.29, 1.82) is 0 Å². The first-order valence-corrected chi connectivity index (χ1v) is 14.1. The normalized spacial score (nSPS) is 11.1. The number of benzene rings is 4. The summed E-state index contributed by atoms with van der Waals surface area (Å²) in [4.78, 5) is 13.6. The summed E-state index contributed by atoms with van der Waals surface area (Å²) < 4.78 is 9.18. The van der Waals surface area contributed by atoms with E-state index >= 15 is 0 Å². The van der Waals surface area contributed by atoms with Crippen LogP contribution < -0.4 is 10.4 Å². The predicted octanol–water partition coefficient (Wildman–Crippen LogP) is 5.85. The second kappa shape index (κ2) is 12.5. The molecular formula is C33H31N7O2. The summed E-state index contributed by atoms with van der Waals surface area (Å²) in [7, 11) is 0. The molecule has 42 heavy (non-hydrogen) atoms. The molecule has 0 fully saturated rings. The van der Waals surface area contributed by atoms with Crippen molar-refractivity contribution in [3.05, 3.63) is 131 Å². The highest BCUT2D eigenvalue weighted by Crippen LogP contribution is 2.30. The van der Waals surface area contributed by atoms with E-state index in [0.717, 1.165) is 58.7 Å². The minimum Gasteiger partial charge on any atom is -0.489 e. The molecule has 0 saturated heterocycles. The fourth-order valence-corrected chi connectivity index (χ4v) is 4.89. The maximum absolute atomic E-state index is 13.6. The first kappa shape index (κ1) is 26.9. The number of ether oxygens (including phenoxy) is 1. The lowest BCUT2D eigenvalue weighted by atomic mass is 9.98. The molecule has 4 aromatic carbocycles.